The molecule has 6 rings (SSSR count). The fourth-order valence-corrected chi connectivity index (χ4v) is 6.50. The first-order valence-electron chi connectivity index (χ1n) is 12.7. The van der Waals surface area contributed by atoms with Gasteiger partial charge in [0.1, 0.15) is 6.04 Å². The average Bonchev–Trinajstić information content (AvgIpc) is 3.18. The highest BCUT2D eigenvalue weighted by Crippen LogP contribution is 2.44. The molecule has 2 aromatic rings. The molecular formula is C28H28ClN5O3. The van der Waals surface area contributed by atoms with E-state index >= 15 is 0 Å². The lowest BCUT2D eigenvalue weighted by Crippen LogP contribution is -2.60. The van der Waals surface area contributed by atoms with E-state index < -0.39 is 6.04 Å². The van der Waals surface area contributed by atoms with Gasteiger partial charge in [-0.05, 0) is 73.8 Å². The minimum absolute atomic E-state index is 0.133. The number of halogens is 1. The standard InChI is InChI=1S/C28H28ClN5O3/c1-30-21-11-18(10-20(29)13-21)14-32-8-6-28(7-9-32)16-33(17-28)22-2-3-23-19(12-22)15-34(27(23)37)24-4-5-25(35)31-26(24)36/h2-3,10-13,24H,4-9,14-17H2,(H,31,35,36). The number of carbonyl (C=O) groups is 3. The van der Waals surface area contributed by atoms with E-state index in [1.54, 1.807) is 11.0 Å². The minimum atomic E-state index is -0.585. The molecule has 3 fully saturated rings. The summed E-state index contributed by atoms with van der Waals surface area (Å²) in [4.78, 5) is 46.7. The third kappa shape index (κ3) is 4.47. The first-order chi connectivity index (χ1) is 17.8. The van der Waals surface area contributed by atoms with Crippen LogP contribution in [0.4, 0.5) is 11.4 Å². The van der Waals surface area contributed by atoms with Gasteiger partial charge < -0.3 is 9.80 Å². The van der Waals surface area contributed by atoms with Crippen LogP contribution in [0.3, 0.4) is 0 Å². The summed E-state index contributed by atoms with van der Waals surface area (Å²) in [5, 5.41) is 2.97. The lowest BCUT2D eigenvalue weighted by atomic mass is 9.71. The molecule has 4 heterocycles. The van der Waals surface area contributed by atoms with E-state index in [0.29, 0.717) is 34.7 Å². The second kappa shape index (κ2) is 9.16. The number of rotatable bonds is 4. The summed E-state index contributed by atoms with van der Waals surface area (Å²) in [6.45, 7) is 12.5. The SMILES string of the molecule is [C-]#[N+]c1cc(Cl)cc(CN2CCC3(CC2)CN(c2ccc4c(c2)CN(C2CCC(=O)NC2=O)C4=O)C3)c1. The average molecular weight is 518 g/mol. The van der Waals surface area contributed by atoms with Crippen LogP contribution in [0.15, 0.2) is 36.4 Å². The monoisotopic (exact) mass is 517 g/mol. The van der Waals surface area contributed by atoms with Gasteiger partial charge >= 0.3 is 0 Å². The predicted octanol–water partition coefficient (Wildman–Crippen LogP) is 3.75. The van der Waals surface area contributed by atoms with Crippen molar-refractivity contribution in [3.63, 3.8) is 0 Å². The lowest BCUT2D eigenvalue weighted by Gasteiger charge is -2.55. The van der Waals surface area contributed by atoms with Crippen LogP contribution in [0.25, 0.3) is 4.85 Å². The number of anilines is 1. The maximum absolute atomic E-state index is 13.0. The molecule has 0 radical (unpaired) electrons. The largest absolute Gasteiger partial charge is 0.370 e. The number of carbonyl (C=O) groups excluding carboxylic acids is 3. The van der Waals surface area contributed by atoms with E-state index in [4.69, 9.17) is 18.2 Å². The van der Waals surface area contributed by atoms with Gasteiger partial charge in [-0.3, -0.25) is 24.6 Å². The Bertz CT molecular complexity index is 1340. The Morgan fingerprint density at radius 2 is 1.86 bits per heavy atom. The van der Waals surface area contributed by atoms with E-state index in [9.17, 15) is 14.4 Å². The highest BCUT2D eigenvalue weighted by molar-refractivity contribution is 6.30. The number of hydrogen-bond donors (Lipinski definition) is 1. The third-order valence-electron chi connectivity index (χ3n) is 8.32. The Kier molecular flexibility index (Phi) is 5.93. The zero-order valence-corrected chi connectivity index (χ0v) is 21.3. The smallest absolute Gasteiger partial charge is 0.255 e. The molecule has 9 heteroatoms. The Morgan fingerprint density at radius 3 is 2.59 bits per heavy atom. The van der Waals surface area contributed by atoms with Gasteiger partial charge in [-0.25, -0.2) is 4.85 Å². The number of hydrogen-bond acceptors (Lipinski definition) is 5. The quantitative estimate of drug-likeness (QED) is 0.493. The van der Waals surface area contributed by atoms with E-state index in [-0.39, 0.29) is 24.1 Å². The van der Waals surface area contributed by atoms with Crippen molar-refractivity contribution in [2.24, 2.45) is 5.41 Å². The highest BCUT2D eigenvalue weighted by Gasteiger charge is 2.45. The van der Waals surface area contributed by atoms with Crippen molar-refractivity contribution in [3.8, 4) is 0 Å². The summed E-state index contributed by atoms with van der Waals surface area (Å²) < 4.78 is 0. The van der Waals surface area contributed by atoms with Crippen molar-refractivity contribution < 1.29 is 14.4 Å². The van der Waals surface area contributed by atoms with Crippen molar-refractivity contribution in [1.82, 2.24) is 15.1 Å². The van der Waals surface area contributed by atoms with Crippen LogP contribution in [-0.2, 0) is 22.7 Å². The molecule has 37 heavy (non-hydrogen) atoms. The van der Waals surface area contributed by atoms with Crippen LogP contribution in [0.1, 0.15) is 47.2 Å². The molecule has 1 atom stereocenters. The molecule has 1 spiro atoms. The molecule has 0 saturated carbocycles. The molecule has 3 saturated heterocycles. The van der Waals surface area contributed by atoms with Gasteiger partial charge in [0.15, 0.2) is 5.69 Å². The molecule has 4 aliphatic heterocycles. The van der Waals surface area contributed by atoms with Crippen LogP contribution in [-0.4, -0.2) is 59.7 Å². The number of nitrogens with one attached hydrogen (secondary N) is 1. The van der Waals surface area contributed by atoms with Crippen molar-refractivity contribution in [2.45, 2.75) is 44.8 Å². The third-order valence-corrected chi connectivity index (χ3v) is 8.54. The second-order valence-electron chi connectivity index (χ2n) is 10.8. The summed E-state index contributed by atoms with van der Waals surface area (Å²) in [5.74, 6) is -0.786. The van der Waals surface area contributed by atoms with Crippen LogP contribution in [0.2, 0.25) is 5.02 Å². The molecule has 190 valence electrons. The fraction of sp³-hybridized carbons (Fsp3) is 0.429. The zero-order valence-electron chi connectivity index (χ0n) is 20.5. The van der Waals surface area contributed by atoms with Crippen LogP contribution in [0.5, 0.6) is 0 Å². The first-order valence-corrected chi connectivity index (χ1v) is 13.1. The van der Waals surface area contributed by atoms with E-state index in [2.05, 4.69) is 26.0 Å². The van der Waals surface area contributed by atoms with Crippen LogP contribution < -0.4 is 10.2 Å². The van der Waals surface area contributed by atoms with Gasteiger partial charge in [-0.15, -0.1) is 0 Å². The Hall–Kier alpha value is -3.41. The summed E-state index contributed by atoms with van der Waals surface area (Å²) in [7, 11) is 0. The van der Waals surface area contributed by atoms with Gasteiger partial charge in [0.2, 0.25) is 11.8 Å². The number of amides is 3. The van der Waals surface area contributed by atoms with Gasteiger partial charge in [0, 0.05) is 54.3 Å². The minimum Gasteiger partial charge on any atom is -0.370 e. The number of piperidine rings is 2. The number of fused-ring (bicyclic) bond motifs is 1. The van der Waals surface area contributed by atoms with Gasteiger partial charge in [-0.2, -0.15) is 0 Å². The van der Waals surface area contributed by atoms with E-state index in [1.165, 1.54) is 0 Å². The molecule has 3 amide bonds. The van der Waals surface area contributed by atoms with Crippen molar-refractivity contribution in [3.05, 3.63) is 69.5 Å². The molecule has 0 bridgehead atoms. The normalized spacial score (nSPS) is 23.0. The second-order valence-corrected chi connectivity index (χ2v) is 11.2. The molecule has 1 unspecified atom stereocenters. The lowest BCUT2D eigenvalue weighted by molar-refractivity contribution is -0.136. The predicted molar refractivity (Wildman–Crippen MR) is 139 cm³/mol. The Labute approximate surface area is 221 Å². The van der Waals surface area contributed by atoms with Crippen molar-refractivity contribution in [2.75, 3.05) is 31.1 Å². The maximum atomic E-state index is 13.0. The van der Waals surface area contributed by atoms with E-state index in [0.717, 1.165) is 62.4 Å². The molecule has 0 aromatic heterocycles. The first kappa shape index (κ1) is 24.0. The molecule has 1 N–H and O–H groups in total. The topological polar surface area (TPSA) is 77.3 Å². The number of benzene rings is 2. The summed E-state index contributed by atoms with van der Waals surface area (Å²) >= 11 is 6.18. The van der Waals surface area contributed by atoms with Gasteiger partial charge in [-0.1, -0.05) is 17.7 Å². The fourth-order valence-electron chi connectivity index (χ4n) is 6.25. The molecule has 4 aliphatic rings. The van der Waals surface area contributed by atoms with Gasteiger partial charge in [0.05, 0.1) is 6.57 Å². The molecule has 2 aromatic carbocycles. The van der Waals surface area contributed by atoms with Gasteiger partial charge in [0.25, 0.3) is 5.91 Å². The highest BCUT2D eigenvalue weighted by atomic mass is 35.5. The van der Waals surface area contributed by atoms with Crippen molar-refractivity contribution in [1.29, 1.82) is 0 Å². The zero-order chi connectivity index (χ0) is 25.7. The summed E-state index contributed by atoms with van der Waals surface area (Å²) in [6.07, 6.45) is 2.90. The van der Waals surface area contributed by atoms with Crippen molar-refractivity contribution >= 4 is 40.7 Å². The molecule has 0 aliphatic carbocycles. The Balaban J connectivity index is 1.05. The number of imide groups is 1. The Morgan fingerprint density at radius 1 is 1.08 bits per heavy atom. The van der Waals surface area contributed by atoms with E-state index in [1.807, 2.05) is 24.3 Å². The van der Waals surface area contributed by atoms with Crippen LogP contribution >= 0.6 is 11.6 Å². The van der Waals surface area contributed by atoms with Crippen LogP contribution in [0, 0.1) is 12.0 Å². The number of nitrogens with zero attached hydrogens (tertiary/aromatic N) is 4. The summed E-state index contributed by atoms with van der Waals surface area (Å²) in [6, 6.07) is 11.0. The maximum Gasteiger partial charge on any atom is 0.255 e. The molecular weight excluding hydrogens is 490 g/mol. The number of likely N-dealkylation sites (tertiary alicyclic amines) is 1. The summed E-state index contributed by atoms with van der Waals surface area (Å²) in [5.41, 5.74) is 4.71. The molecule has 8 nitrogen and oxygen atoms in total.